The Kier molecular flexibility index (Phi) is 3.71. The Morgan fingerprint density at radius 3 is 2.68 bits per heavy atom. The first-order valence-electron chi connectivity index (χ1n) is 9.22. The molecule has 2 aliphatic heterocycles. The number of alkyl halides is 3. The minimum absolute atomic E-state index is 0.181. The predicted octanol–water partition coefficient (Wildman–Crippen LogP) is 4.62. The van der Waals surface area contributed by atoms with Crippen LogP contribution in [0.4, 0.5) is 13.2 Å². The maximum atomic E-state index is 13.0. The van der Waals surface area contributed by atoms with E-state index >= 15 is 0 Å². The van der Waals surface area contributed by atoms with Crippen molar-refractivity contribution < 1.29 is 23.0 Å². The lowest BCUT2D eigenvalue weighted by molar-refractivity contribution is -0.137. The number of aromatic hydroxyl groups is 1. The number of hydrogen-bond acceptors (Lipinski definition) is 4. The molecule has 4 heterocycles. The Bertz CT molecular complexity index is 1050. The van der Waals surface area contributed by atoms with Crippen LogP contribution in [0.25, 0.3) is 22.3 Å². The van der Waals surface area contributed by atoms with Gasteiger partial charge in [0.25, 0.3) is 0 Å². The Labute approximate surface area is 158 Å². The molecule has 5 rings (SSSR count). The summed E-state index contributed by atoms with van der Waals surface area (Å²) in [7, 11) is 0. The van der Waals surface area contributed by atoms with Gasteiger partial charge in [0, 0.05) is 17.1 Å². The maximum absolute atomic E-state index is 13.0. The van der Waals surface area contributed by atoms with Crippen molar-refractivity contribution in [1.82, 2.24) is 14.8 Å². The molecule has 0 unspecified atom stereocenters. The van der Waals surface area contributed by atoms with Gasteiger partial charge in [-0.05, 0) is 56.0 Å². The highest BCUT2D eigenvalue weighted by molar-refractivity contribution is 5.80. The molecule has 0 spiro atoms. The van der Waals surface area contributed by atoms with Crippen molar-refractivity contribution in [2.45, 2.75) is 50.6 Å². The van der Waals surface area contributed by atoms with Crippen LogP contribution in [0.1, 0.15) is 36.4 Å². The second-order valence-corrected chi connectivity index (χ2v) is 7.58. The summed E-state index contributed by atoms with van der Waals surface area (Å²) < 4.78 is 46.7. The molecular weight excluding hydrogens is 371 g/mol. The highest BCUT2D eigenvalue weighted by Gasteiger charge is 2.42. The SMILES string of the molecule is Cc1cc(C(F)(F)F)cc(O)c1-c1ccc2cn([C@@H]3C[C@H]4CC[C@@H]3O4)nc2n1. The summed E-state index contributed by atoms with van der Waals surface area (Å²) in [6.07, 6.45) is 0.960. The van der Waals surface area contributed by atoms with Gasteiger partial charge in [-0.3, -0.25) is 4.68 Å². The molecule has 2 fully saturated rings. The predicted molar refractivity (Wildman–Crippen MR) is 95.9 cm³/mol. The normalized spacial score (nSPS) is 24.4. The standard InChI is InChI=1S/C20H18F3N3O2/c1-10-6-12(20(21,22)23)7-16(27)18(10)14-4-2-11-9-26(25-19(11)24-14)15-8-13-3-5-17(15)28-13/h2,4,6-7,9,13,15,17,27H,3,5,8H2,1H3/t13-,15-,17+/m1/s1. The molecular formula is C20H18F3N3O2. The summed E-state index contributed by atoms with van der Waals surface area (Å²) in [4.78, 5) is 4.50. The molecule has 2 aliphatic rings. The molecule has 28 heavy (non-hydrogen) atoms. The Balaban J connectivity index is 1.54. The van der Waals surface area contributed by atoms with Gasteiger partial charge in [-0.25, -0.2) is 4.98 Å². The number of ether oxygens (including phenoxy) is 1. The average molecular weight is 389 g/mol. The zero-order chi connectivity index (χ0) is 19.6. The first-order valence-corrected chi connectivity index (χ1v) is 9.22. The molecule has 1 aromatic carbocycles. The minimum Gasteiger partial charge on any atom is -0.507 e. The van der Waals surface area contributed by atoms with Crippen LogP contribution in [0, 0.1) is 6.92 Å². The highest BCUT2D eigenvalue weighted by atomic mass is 19.4. The van der Waals surface area contributed by atoms with Gasteiger partial charge in [0.05, 0.1) is 29.5 Å². The van der Waals surface area contributed by atoms with Crippen molar-refractivity contribution >= 4 is 11.0 Å². The number of phenols is 1. The molecule has 146 valence electrons. The molecule has 1 N–H and O–H groups in total. The van der Waals surface area contributed by atoms with Crippen LogP contribution < -0.4 is 0 Å². The highest BCUT2D eigenvalue weighted by Crippen LogP contribution is 2.42. The van der Waals surface area contributed by atoms with E-state index in [-0.39, 0.29) is 17.7 Å². The lowest BCUT2D eigenvalue weighted by Gasteiger charge is -2.18. The molecule has 2 aromatic heterocycles. The van der Waals surface area contributed by atoms with E-state index in [0.29, 0.717) is 23.0 Å². The Morgan fingerprint density at radius 2 is 2.04 bits per heavy atom. The molecule has 0 radical (unpaired) electrons. The maximum Gasteiger partial charge on any atom is 0.416 e. The largest absolute Gasteiger partial charge is 0.507 e. The number of aromatic nitrogens is 3. The molecule has 0 amide bonds. The summed E-state index contributed by atoms with van der Waals surface area (Å²) in [6.45, 7) is 1.53. The number of aryl methyl sites for hydroxylation is 1. The second kappa shape index (κ2) is 5.94. The van der Waals surface area contributed by atoms with E-state index in [2.05, 4.69) is 10.1 Å². The number of halogens is 3. The Morgan fingerprint density at radius 1 is 1.21 bits per heavy atom. The summed E-state index contributed by atoms with van der Waals surface area (Å²) in [6, 6.07) is 5.47. The van der Waals surface area contributed by atoms with Gasteiger partial charge in [0.15, 0.2) is 5.65 Å². The topological polar surface area (TPSA) is 60.2 Å². The number of rotatable bonds is 2. The lowest BCUT2D eigenvalue weighted by Crippen LogP contribution is -2.21. The first-order chi connectivity index (χ1) is 13.3. The van der Waals surface area contributed by atoms with Crippen LogP contribution in [0.3, 0.4) is 0 Å². The van der Waals surface area contributed by atoms with Crippen LogP contribution in [0.5, 0.6) is 5.75 Å². The van der Waals surface area contributed by atoms with Gasteiger partial charge >= 0.3 is 6.18 Å². The molecule has 3 aromatic rings. The van der Waals surface area contributed by atoms with E-state index in [4.69, 9.17) is 4.74 Å². The van der Waals surface area contributed by atoms with Crippen LogP contribution >= 0.6 is 0 Å². The van der Waals surface area contributed by atoms with Gasteiger partial charge in [0.2, 0.25) is 0 Å². The van der Waals surface area contributed by atoms with Crippen molar-refractivity contribution in [3.63, 3.8) is 0 Å². The van der Waals surface area contributed by atoms with E-state index in [9.17, 15) is 18.3 Å². The smallest absolute Gasteiger partial charge is 0.416 e. The number of benzene rings is 1. The number of pyridine rings is 1. The van der Waals surface area contributed by atoms with E-state index in [1.54, 1.807) is 6.07 Å². The van der Waals surface area contributed by atoms with Crippen LogP contribution in [0.15, 0.2) is 30.5 Å². The average Bonchev–Trinajstić information content (AvgIpc) is 3.34. The molecule has 0 saturated carbocycles. The van der Waals surface area contributed by atoms with E-state index < -0.39 is 17.5 Å². The molecule has 2 saturated heterocycles. The zero-order valence-electron chi connectivity index (χ0n) is 15.1. The fourth-order valence-corrected chi connectivity index (χ4v) is 4.38. The monoisotopic (exact) mass is 389 g/mol. The quantitative estimate of drug-likeness (QED) is 0.695. The molecule has 5 nitrogen and oxygen atoms in total. The number of fused-ring (bicyclic) bond motifs is 3. The van der Waals surface area contributed by atoms with Gasteiger partial charge < -0.3 is 9.84 Å². The Hall–Kier alpha value is -2.61. The third-order valence-corrected chi connectivity index (χ3v) is 5.70. The van der Waals surface area contributed by atoms with Crippen molar-refractivity contribution in [3.05, 3.63) is 41.6 Å². The molecule has 2 bridgehead atoms. The first kappa shape index (κ1) is 17.5. The lowest BCUT2D eigenvalue weighted by atomic mass is 9.96. The van der Waals surface area contributed by atoms with Crippen molar-refractivity contribution in [2.75, 3.05) is 0 Å². The zero-order valence-corrected chi connectivity index (χ0v) is 15.1. The molecule has 3 atom stereocenters. The second-order valence-electron chi connectivity index (χ2n) is 7.58. The summed E-state index contributed by atoms with van der Waals surface area (Å²) >= 11 is 0. The van der Waals surface area contributed by atoms with Gasteiger partial charge in [-0.15, -0.1) is 0 Å². The number of nitrogens with zero attached hydrogens (tertiary/aromatic N) is 3. The summed E-state index contributed by atoms with van der Waals surface area (Å²) in [5.41, 5.74) is 0.602. The van der Waals surface area contributed by atoms with E-state index in [1.807, 2.05) is 16.9 Å². The van der Waals surface area contributed by atoms with Crippen LogP contribution in [0.2, 0.25) is 0 Å². The van der Waals surface area contributed by atoms with Crippen molar-refractivity contribution in [2.24, 2.45) is 0 Å². The summed E-state index contributed by atoms with van der Waals surface area (Å²) in [5, 5.41) is 15.7. The third kappa shape index (κ3) is 2.74. The van der Waals surface area contributed by atoms with Crippen LogP contribution in [-0.2, 0) is 10.9 Å². The van der Waals surface area contributed by atoms with Gasteiger partial charge in [-0.1, -0.05) is 0 Å². The van der Waals surface area contributed by atoms with E-state index in [0.717, 1.165) is 36.8 Å². The van der Waals surface area contributed by atoms with Crippen molar-refractivity contribution in [3.8, 4) is 17.0 Å². The minimum atomic E-state index is -4.51. The molecule has 0 aliphatic carbocycles. The summed E-state index contributed by atoms with van der Waals surface area (Å²) in [5.74, 6) is -0.444. The number of hydrogen-bond donors (Lipinski definition) is 1. The van der Waals surface area contributed by atoms with E-state index in [1.165, 1.54) is 6.92 Å². The third-order valence-electron chi connectivity index (χ3n) is 5.70. The molecule has 8 heteroatoms. The fraction of sp³-hybridized carbons (Fsp3) is 0.400. The van der Waals surface area contributed by atoms with Crippen molar-refractivity contribution in [1.29, 1.82) is 0 Å². The number of phenolic OH excluding ortho intramolecular Hbond substituents is 1. The van der Waals surface area contributed by atoms with Crippen LogP contribution in [-0.4, -0.2) is 32.1 Å². The van der Waals surface area contributed by atoms with Gasteiger partial charge in [0.1, 0.15) is 5.75 Å². The fourth-order valence-electron chi connectivity index (χ4n) is 4.38. The van der Waals surface area contributed by atoms with Gasteiger partial charge in [-0.2, -0.15) is 18.3 Å².